The maximum absolute atomic E-state index is 5.72. The van der Waals surface area contributed by atoms with E-state index >= 15 is 0 Å². The van der Waals surface area contributed by atoms with Crippen LogP contribution in [0.2, 0.25) is 0 Å². The number of nitrogens with zero attached hydrogens (tertiary/aromatic N) is 2. The summed E-state index contributed by atoms with van der Waals surface area (Å²) >= 11 is 0. The van der Waals surface area contributed by atoms with Crippen molar-refractivity contribution < 1.29 is 4.74 Å². The molecule has 0 aromatic carbocycles. The molecule has 0 radical (unpaired) electrons. The molecule has 2 N–H and O–H groups in total. The van der Waals surface area contributed by atoms with E-state index in [1.807, 2.05) is 25.6 Å². The topological polar surface area (TPSA) is 53.1 Å². The molecule has 0 spiro atoms. The van der Waals surface area contributed by atoms with Gasteiger partial charge in [0.15, 0.2) is 0 Å². The summed E-state index contributed by atoms with van der Waals surface area (Å²) in [6.45, 7) is 7.16. The smallest absolute Gasteiger partial charge is 0.0892 e. The molecule has 0 bridgehead atoms. The van der Waals surface area contributed by atoms with Crippen LogP contribution in [0.3, 0.4) is 0 Å². The maximum atomic E-state index is 5.72. The molecule has 0 fully saturated rings. The first kappa shape index (κ1) is 12.2. The Balaban J connectivity index is 2.61. The summed E-state index contributed by atoms with van der Waals surface area (Å²) in [6, 6.07) is 2.08. The monoisotopic (exact) mass is 211 g/mol. The lowest BCUT2D eigenvalue weighted by Crippen LogP contribution is -2.34. The first-order chi connectivity index (χ1) is 6.98. The van der Waals surface area contributed by atoms with Gasteiger partial charge in [0.25, 0.3) is 0 Å². The minimum Gasteiger partial charge on any atom is -0.368 e. The minimum atomic E-state index is -0.267. The molecule has 1 heterocycles. The van der Waals surface area contributed by atoms with Gasteiger partial charge in [-0.15, -0.1) is 0 Å². The Hall–Kier alpha value is -0.870. The van der Waals surface area contributed by atoms with Gasteiger partial charge in [-0.25, -0.2) is 0 Å². The number of hydrogen-bond acceptors (Lipinski definition) is 3. The van der Waals surface area contributed by atoms with Gasteiger partial charge in [-0.05, 0) is 26.3 Å². The Morgan fingerprint density at radius 3 is 2.67 bits per heavy atom. The second-order valence-corrected chi connectivity index (χ2v) is 4.36. The molecule has 0 atom stereocenters. The summed E-state index contributed by atoms with van der Waals surface area (Å²) in [5, 5.41) is 4.36. The lowest BCUT2D eigenvalue weighted by molar-refractivity contribution is -0.0248. The van der Waals surface area contributed by atoms with Crippen molar-refractivity contribution in [2.24, 2.45) is 12.8 Å². The largest absolute Gasteiger partial charge is 0.368 e. The van der Waals surface area contributed by atoms with Gasteiger partial charge in [-0.1, -0.05) is 6.92 Å². The van der Waals surface area contributed by atoms with Crippen LogP contribution >= 0.6 is 0 Å². The standard InChI is InChI=1S/C11H21N3O/c1-5-9-6-10(14(4)13-9)7-15-11(2,3)8-12/h6H,5,7-8,12H2,1-4H3. The van der Waals surface area contributed by atoms with E-state index in [1.165, 1.54) is 0 Å². The molecular formula is C11H21N3O. The van der Waals surface area contributed by atoms with E-state index in [9.17, 15) is 0 Å². The summed E-state index contributed by atoms with van der Waals surface area (Å²) in [5.41, 5.74) is 7.52. The molecule has 0 saturated carbocycles. The number of nitrogens with two attached hydrogens (primary N) is 1. The number of ether oxygens (including phenoxy) is 1. The van der Waals surface area contributed by atoms with Crippen molar-refractivity contribution in [3.05, 3.63) is 17.5 Å². The summed E-state index contributed by atoms with van der Waals surface area (Å²) < 4.78 is 7.58. The van der Waals surface area contributed by atoms with Crippen LogP contribution in [0, 0.1) is 0 Å². The second-order valence-electron chi connectivity index (χ2n) is 4.36. The van der Waals surface area contributed by atoms with Crippen molar-refractivity contribution >= 4 is 0 Å². The van der Waals surface area contributed by atoms with Crippen LogP contribution in [0.4, 0.5) is 0 Å². The van der Waals surface area contributed by atoms with Crippen LogP contribution in [0.1, 0.15) is 32.2 Å². The van der Waals surface area contributed by atoms with Gasteiger partial charge in [0.2, 0.25) is 0 Å². The predicted octanol–water partition coefficient (Wildman–Crippen LogP) is 1.24. The molecule has 0 unspecified atom stereocenters. The van der Waals surface area contributed by atoms with E-state index in [0.29, 0.717) is 13.2 Å². The zero-order chi connectivity index (χ0) is 11.5. The van der Waals surface area contributed by atoms with E-state index < -0.39 is 0 Å². The first-order valence-corrected chi connectivity index (χ1v) is 5.34. The summed E-state index contributed by atoms with van der Waals surface area (Å²) in [5.74, 6) is 0. The van der Waals surface area contributed by atoms with Crippen molar-refractivity contribution in [1.29, 1.82) is 0 Å². The quantitative estimate of drug-likeness (QED) is 0.797. The fourth-order valence-corrected chi connectivity index (χ4v) is 1.21. The van der Waals surface area contributed by atoms with E-state index in [0.717, 1.165) is 17.8 Å². The van der Waals surface area contributed by atoms with Crippen LogP contribution in [0.5, 0.6) is 0 Å². The fourth-order valence-electron chi connectivity index (χ4n) is 1.21. The van der Waals surface area contributed by atoms with Crippen molar-refractivity contribution in [2.45, 2.75) is 39.4 Å². The molecule has 0 aliphatic heterocycles. The molecule has 1 aromatic rings. The highest BCUT2D eigenvalue weighted by Gasteiger charge is 2.16. The summed E-state index contributed by atoms with van der Waals surface area (Å²) in [4.78, 5) is 0. The molecule has 86 valence electrons. The third-order valence-corrected chi connectivity index (χ3v) is 2.49. The normalized spacial score (nSPS) is 12.1. The molecule has 0 saturated heterocycles. The fraction of sp³-hybridized carbons (Fsp3) is 0.727. The van der Waals surface area contributed by atoms with Gasteiger partial charge < -0.3 is 10.5 Å². The molecule has 0 aliphatic rings. The third-order valence-electron chi connectivity index (χ3n) is 2.49. The van der Waals surface area contributed by atoms with Crippen LogP contribution in [0.15, 0.2) is 6.07 Å². The molecule has 15 heavy (non-hydrogen) atoms. The first-order valence-electron chi connectivity index (χ1n) is 5.34. The predicted molar refractivity (Wildman–Crippen MR) is 60.5 cm³/mol. The van der Waals surface area contributed by atoms with Crippen LogP contribution < -0.4 is 5.73 Å². The molecule has 0 aliphatic carbocycles. The molecule has 1 rings (SSSR count). The van der Waals surface area contributed by atoms with Crippen LogP contribution in [0.25, 0.3) is 0 Å². The summed E-state index contributed by atoms with van der Waals surface area (Å²) in [6.07, 6.45) is 0.953. The van der Waals surface area contributed by atoms with Gasteiger partial charge in [0, 0.05) is 13.6 Å². The average Bonchev–Trinajstić information content (AvgIpc) is 2.57. The Kier molecular flexibility index (Phi) is 3.88. The highest BCUT2D eigenvalue weighted by molar-refractivity contribution is 5.09. The highest BCUT2D eigenvalue weighted by atomic mass is 16.5. The van der Waals surface area contributed by atoms with Gasteiger partial charge in [0.05, 0.1) is 23.6 Å². The van der Waals surface area contributed by atoms with Crippen molar-refractivity contribution in [1.82, 2.24) is 9.78 Å². The Morgan fingerprint density at radius 2 is 2.20 bits per heavy atom. The third kappa shape index (κ3) is 3.32. The summed E-state index contributed by atoms with van der Waals surface area (Å²) in [7, 11) is 1.94. The van der Waals surface area contributed by atoms with Crippen LogP contribution in [-0.4, -0.2) is 21.9 Å². The van der Waals surface area contributed by atoms with Gasteiger partial charge in [0.1, 0.15) is 0 Å². The van der Waals surface area contributed by atoms with Crippen molar-refractivity contribution in [3.8, 4) is 0 Å². The Bertz CT molecular complexity index is 318. The number of rotatable bonds is 5. The van der Waals surface area contributed by atoms with E-state index in [1.54, 1.807) is 0 Å². The lowest BCUT2D eigenvalue weighted by atomic mass is 10.1. The SMILES string of the molecule is CCc1cc(COC(C)(C)CN)n(C)n1. The molecule has 1 aromatic heterocycles. The Labute approximate surface area is 91.4 Å². The van der Waals surface area contributed by atoms with E-state index in [4.69, 9.17) is 10.5 Å². The number of hydrogen-bond donors (Lipinski definition) is 1. The van der Waals surface area contributed by atoms with Crippen molar-refractivity contribution in [2.75, 3.05) is 6.54 Å². The molecule has 4 heteroatoms. The lowest BCUT2D eigenvalue weighted by Gasteiger charge is -2.22. The molecule has 4 nitrogen and oxygen atoms in total. The Morgan fingerprint density at radius 1 is 1.53 bits per heavy atom. The van der Waals surface area contributed by atoms with Gasteiger partial charge >= 0.3 is 0 Å². The van der Waals surface area contributed by atoms with Gasteiger partial charge in [-0.3, -0.25) is 4.68 Å². The molecular weight excluding hydrogens is 190 g/mol. The van der Waals surface area contributed by atoms with Crippen molar-refractivity contribution in [3.63, 3.8) is 0 Å². The maximum Gasteiger partial charge on any atom is 0.0892 e. The zero-order valence-electron chi connectivity index (χ0n) is 10.1. The van der Waals surface area contributed by atoms with Gasteiger partial charge in [-0.2, -0.15) is 5.10 Å². The zero-order valence-corrected chi connectivity index (χ0v) is 10.1. The van der Waals surface area contributed by atoms with E-state index in [-0.39, 0.29) is 5.60 Å². The highest BCUT2D eigenvalue weighted by Crippen LogP contribution is 2.12. The molecule has 0 amide bonds. The number of aryl methyl sites for hydroxylation is 2. The second kappa shape index (κ2) is 4.77. The van der Waals surface area contributed by atoms with Crippen LogP contribution in [-0.2, 0) is 24.8 Å². The number of aromatic nitrogens is 2. The average molecular weight is 211 g/mol. The van der Waals surface area contributed by atoms with E-state index in [2.05, 4.69) is 18.1 Å². The minimum absolute atomic E-state index is 0.267.